The summed E-state index contributed by atoms with van der Waals surface area (Å²) >= 11 is 0. The molecule has 10 N–H and O–H groups in total. The van der Waals surface area contributed by atoms with Gasteiger partial charge in [0.25, 0.3) is 23.6 Å². The molecule has 0 bridgehead atoms. The number of amides is 7. The zero-order valence-corrected chi connectivity index (χ0v) is 64.7. The molecule has 588 valence electrons. The summed E-state index contributed by atoms with van der Waals surface area (Å²) in [7, 11) is 7.40. The number of H-pyrrole nitrogens is 4. The molecule has 0 radical (unpaired) electrons. The smallest absolute Gasteiger partial charge is 0.321 e. The van der Waals surface area contributed by atoms with Gasteiger partial charge in [-0.1, -0.05) is 97.1 Å². The summed E-state index contributed by atoms with van der Waals surface area (Å²) in [6.45, 7) is 3.99. The van der Waals surface area contributed by atoms with E-state index >= 15 is 0 Å². The van der Waals surface area contributed by atoms with E-state index in [0.29, 0.717) is 56.3 Å². The Hall–Kier alpha value is -15.4. The van der Waals surface area contributed by atoms with Crippen LogP contribution >= 0.6 is 0 Å². The van der Waals surface area contributed by atoms with Crippen LogP contribution in [0.5, 0.6) is 0 Å². The Morgan fingerprint density at radius 2 is 0.703 bits per heavy atom. The van der Waals surface area contributed by atoms with Crippen LogP contribution in [-0.4, -0.2) is 161 Å². The second kappa shape index (κ2) is 36.2. The van der Waals surface area contributed by atoms with Gasteiger partial charge in [-0.15, -0.1) is 0 Å². The Kier molecular flexibility index (Phi) is 23.9. The number of carbonyl (C=O) groups is 6. The van der Waals surface area contributed by atoms with Crippen LogP contribution < -0.4 is 36.8 Å². The number of hydrogen-bond acceptors (Lipinski definition) is 17. The van der Waals surface area contributed by atoms with E-state index in [4.69, 9.17) is 4.74 Å². The standard InChI is InChI=1S/C23H21N5O2.C23H19N5O2.C22H20N6O2.C22H21N5O/c29-23(25-18-4-2-1-3-5-18)22-20-13-16(6-7-21(20)26-27-22)17-12-19(15-24-14-17)28-8-10-30-11-9-28;29-22(14-6-7-14)26-18-10-16(12-24-13-18)15-8-9-20-19(11-15)21(28-27-20)23(30)25-17-4-2-1-3-5-17;1-28(2)22(30)25-17-10-15(12-23-13-17)14-8-9-19-18(11-14)20(27-26-19)21(29)24-16-6-4-3-5-7-16;1-27(2)14-15-10-17(13-23-12-15)16-8-9-20-19(11-16)21(26-25-20)22(28)24-18-6-4-3-5-7-18/h1-7,12-15H,8-11H2,(H,25,29)(H,26,27);1-5,8-14H,6-7H2,(H,25,30)(H,26,29)(H,27,28);3-13H,1-2H3,(H,24,29)(H,25,30)(H,26,27);3-13H,14H2,1-2H3,(H,24,28)(H,25,26). The lowest BCUT2D eigenvalue weighted by Gasteiger charge is -2.28. The number of aromatic nitrogens is 12. The van der Waals surface area contributed by atoms with Crippen molar-refractivity contribution in [3.63, 3.8) is 0 Å². The van der Waals surface area contributed by atoms with Gasteiger partial charge in [-0.2, -0.15) is 20.4 Å². The number of hydrogen-bond donors (Lipinski definition) is 10. The van der Waals surface area contributed by atoms with Crippen molar-refractivity contribution < 1.29 is 33.5 Å². The second-order valence-electron chi connectivity index (χ2n) is 28.5. The second-order valence-corrected chi connectivity index (χ2v) is 28.5. The van der Waals surface area contributed by atoms with Gasteiger partial charge in [0.2, 0.25) is 5.91 Å². The molecule has 118 heavy (non-hydrogen) atoms. The molecule has 1 saturated heterocycles. The Morgan fingerprint density at radius 1 is 0.364 bits per heavy atom. The van der Waals surface area contributed by atoms with Gasteiger partial charge in [0.1, 0.15) is 0 Å². The summed E-state index contributed by atoms with van der Waals surface area (Å²) in [6, 6.07) is 68.2. The number of nitrogens with zero attached hydrogens (tertiary/aromatic N) is 11. The molecule has 9 heterocycles. The average molecular weight is 1570 g/mol. The van der Waals surface area contributed by atoms with E-state index in [2.05, 4.69) is 115 Å². The number of benzene rings is 8. The summed E-state index contributed by atoms with van der Waals surface area (Å²) in [5.41, 5.74) is 18.2. The molecule has 0 atom stereocenters. The van der Waals surface area contributed by atoms with Gasteiger partial charge in [-0.05, 0) is 176 Å². The number of nitrogens with one attached hydrogen (secondary N) is 10. The molecule has 1 aliphatic carbocycles. The first kappa shape index (κ1) is 77.9. The van der Waals surface area contributed by atoms with Crippen molar-refractivity contribution in [2.45, 2.75) is 19.4 Å². The molecule has 8 aromatic carbocycles. The molecule has 1 aliphatic heterocycles. The molecule has 28 nitrogen and oxygen atoms in total. The van der Waals surface area contributed by atoms with E-state index in [9.17, 15) is 28.8 Å². The van der Waals surface area contributed by atoms with E-state index in [1.807, 2.05) is 245 Å². The normalized spacial score (nSPS) is 12.3. The van der Waals surface area contributed by atoms with Gasteiger partial charge in [-0.25, -0.2) is 4.79 Å². The Balaban J connectivity index is 0.000000123. The highest BCUT2D eigenvalue weighted by molar-refractivity contribution is 6.15. The summed E-state index contributed by atoms with van der Waals surface area (Å²) in [4.78, 5) is 98.0. The summed E-state index contributed by atoms with van der Waals surface area (Å²) in [5.74, 6) is -0.900. The lowest BCUT2D eigenvalue weighted by molar-refractivity contribution is -0.117. The molecule has 2 aliphatic rings. The van der Waals surface area contributed by atoms with E-state index in [-0.39, 0.29) is 41.5 Å². The van der Waals surface area contributed by atoms with Crippen LogP contribution in [0.25, 0.3) is 88.1 Å². The van der Waals surface area contributed by atoms with Crippen LogP contribution in [0.1, 0.15) is 60.4 Å². The zero-order valence-electron chi connectivity index (χ0n) is 64.7. The fourth-order valence-electron chi connectivity index (χ4n) is 13.1. The minimum absolute atomic E-state index is 0.0408. The Morgan fingerprint density at radius 3 is 1.06 bits per heavy atom. The number of rotatable bonds is 18. The summed E-state index contributed by atoms with van der Waals surface area (Å²) in [6.07, 6.45) is 16.0. The molecular weight excluding hydrogens is 1490 g/mol. The van der Waals surface area contributed by atoms with Gasteiger partial charge in [0, 0.05) is 137 Å². The first-order chi connectivity index (χ1) is 57.6. The van der Waals surface area contributed by atoms with Gasteiger partial charge in [-0.3, -0.25) is 64.3 Å². The van der Waals surface area contributed by atoms with Crippen LogP contribution in [0.2, 0.25) is 0 Å². The molecule has 1 saturated carbocycles. The SMILES string of the molecule is CN(C)C(=O)Nc1cncc(-c2ccc3[nH]nc(C(=O)Nc4ccccc4)c3c2)c1.CN(C)Cc1cncc(-c2ccc3[nH]nc(C(=O)Nc4ccccc4)c3c2)c1.O=C(Nc1ccccc1)c1n[nH]c2ccc(-c3cncc(N4CCOCC4)c3)cc12.O=C(Nc1ccccc1)c1n[nH]c2ccc(-c3cncc(NC(=O)C4CC4)c3)cc12. The third-order valence-corrected chi connectivity index (χ3v) is 19.3. The third kappa shape index (κ3) is 19.3. The maximum absolute atomic E-state index is 12.8. The lowest BCUT2D eigenvalue weighted by atomic mass is 10.0. The Bertz CT molecular complexity index is 6100. The van der Waals surface area contributed by atoms with E-state index in [0.717, 1.165) is 146 Å². The lowest BCUT2D eigenvalue weighted by Crippen LogP contribution is -2.36. The number of ether oxygens (including phenoxy) is 1. The largest absolute Gasteiger partial charge is 0.378 e. The molecule has 8 aromatic heterocycles. The predicted molar refractivity (Wildman–Crippen MR) is 459 cm³/mol. The number of aromatic amines is 4. The highest BCUT2D eigenvalue weighted by atomic mass is 16.5. The molecule has 2 fully saturated rings. The molecule has 7 amide bonds. The first-order valence-electron chi connectivity index (χ1n) is 38.0. The van der Waals surface area contributed by atoms with Crippen molar-refractivity contribution in [3.8, 4) is 44.5 Å². The van der Waals surface area contributed by atoms with Crippen molar-refractivity contribution in [1.29, 1.82) is 0 Å². The monoisotopic (exact) mass is 1570 g/mol. The molecule has 0 spiro atoms. The van der Waals surface area contributed by atoms with E-state index < -0.39 is 0 Å². The molecule has 28 heteroatoms. The number of anilines is 7. The fraction of sp³-hybridized carbons (Fsp3) is 0.133. The van der Waals surface area contributed by atoms with Crippen molar-refractivity contribution in [2.75, 3.05) is 91.3 Å². The molecule has 16 aromatic rings. The number of carbonyl (C=O) groups excluding carboxylic acids is 6. The fourth-order valence-corrected chi connectivity index (χ4v) is 13.1. The van der Waals surface area contributed by atoms with Crippen molar-refractivity contribution in [2.24, 2.45) is 5.92 Å². The van der Waals surface area contributed by atoms with Gasteiger partial charge >= 0.3 is 6.03 Å². The minimum Gasteiger partial charge on any atom is -0.378 e. The van der Waals surface area contributed by atoms with E-state index in [1.54, 1.807) is 38.9 Å². The van der Waals surface area contributed by atoms with Gasteiger partial charge in [0.15, 0.2) is 22.8 Å². The molecule has 0 unspecified atom stereocenters. The van der Waals surface area contributed by atoms with Crippen molar-refractivity contribution in [1.82, 2.24) is 70.5 Å². The predicted octanol–water partition coefficient (Wildman–Crippen LogP) is 15.8. The quantitative estimate of drug-likeness (QED) is 0.0381. The average Bonchev–Trinajstić information content (AvgIpc) is 1.64. The summed E-state index contributed by atoms with van der Waals surface area (Å²) in [5, 5.41) is 48.7. The number of urea groups is 1. The number of fused-ring (bicyclic) bond motifs is 4. The van der Waals surface area contributed by atoms with Crippen LogP contribution in [0.15, 0.2) is 268 Å². The summed E-state index contributed by atoms with van der Waals surface area (Å²) < 4.78 is 5.44. The Labute approximate surface area is 676 Å². The maximum atomic E-state index is 12.8. The molecule has 18 rings (SSSR count). The van der Waals surface area contributed by atoms with E-state index in [1.165, 1.54) is 4.90 Å². The van der Waals surface area contributed by atoms with Crippen molar-refractivity contribution in [3.05, 3.63) is 296 Å². The highest BCUT2D eigenvalue weighted by Gasteiger charge is 2.30. The van der Waals surface area contributed by atoms with Crippen LogP contribution in [-0.2, 0) is 16.1 Å². The van der Waals surface area contributed by atoms with Gasteiger partial charge in [0.05, 0.1) is 70.9 Å². The van der Waals surface area contributed by atoms with Gasteiger partial charge < -0.3 is 51.3 Å². The van der Waals surface area contributed by atoms with Crippen LogP contribution in [0, 0.1) is 5.92 Å². The van der Waals surface area contributed by atoms with Crippen LogP contribution in [0.3, 0.4) is 0 Å². The van der Waals surface area contributed by atoms with Crippen LogP contribution in [0.4, 0.5) is 44.6 Å². The topological polar surface area (TPSA) is 360 Å². The zero-order chi connectivity index (χ0) is 81.4. The maximum Gasteiger partial charge on any atom is 0.321 e. The third-order valence-electron chi connectivity index (χ3n) is 19.3. The first-order valence-corrected chi connectivity index (χ1v) is 38.0. The highest BCUT2D eigenvalue weighted by Crippen LogP contribution is 2.35. The number of morpholine rings is 1. The molecular formula is C90H81N21O7. The number of pyridine rings is 4. The van der Waals surface area contributed by atoms with Crippen molar-refractivity contribution >= 4 is 119 Å². The number of para-hydroxylation sites is 4. The minimum atomic E-state index is -0.297.